The highest BCUT2D eigenvalue weighted by Crippen LogP contribution is 2.39. The first-order valence-corrected chi connectivity index (χ1v) is 8.94. The lowest BCUT2D eigenvalue weighted by Gasteiger charge is -2.24. The van der Waals surface area contributed by atoms with E-state index < -0.39 is 5.91 Å². The van der Waals surface area contributed by atoms with E-state index in [1.165, 1.54) is 5.57 Å². The van der Waals surface area contributed by atoms with Crippen molar-refractivity contribution in [3.05, 3.63) is 39.9 Å². The Kier molecular flexibility index (Phi) is 7.68. The third kappa shape index (κ3) is 4.41. The molecule has 0 saturated carbocycles. The van der Waals surface area contributed by atoms with Crippen molar-refractivity contribution in [3.63, 3.8) is 0 Å². The predicted octanol–water partition coefficient (Wildman–Crippen LogP) is 4.23. The summed E-state index contributed by atoms with van der Waals surface area (Å²) >= 11 is 0. The monoisotopic (exact) mass is 345 g/mol. The summed E-state index contributed by atoms with van der Waals surface area (Å²) in [7, 11) is 1.68. The number of primary amides is 1. The maximum atomic E-state index is 11.7. The van der Waals surface area contributed by atoms with Gasteiger partial charge in [-0.2, -0.15) is 0 Å². The van der Waals surface area contributed by atoms with Gasteiger partial charge in [-0.05, 0) is 43.9 Å². The van der Waals surface area contributed by atoms with E-state index >= 15 is 0 Å². The van der Waals surface area contributed by atoms with Gasteiger partial charge in [0.1, 0.15) is 0 Å². The number of rotatable bonds is 5. The highest BCUT2D eigenvalue weighted by molar-refractivity contribution is 6.00. The van der Waals surface area contributed by atoms with Crippen LogP contribution in [-0.4, -0.2) is 18.0 Å². The third-order valence-electron chi connectivity index (χ3n) is 4.31. The molecular formula is C20H31N3O2. The Morgan fingerprint density at radius 2 is 1.92 bits per heavy atom. The highest BCUT2D eigenvalue weighted by atomic mass is 16.5. The molecule has 0 unspecified atom stereocenters. The van der Waals surface area contributed by atoms with E-state index in [1.54, 1.807) is 7.11 Å². The lowest BCUT2D eigenvalue weighted by Crippen LogP contribution is -2.18. The Labute approximate surface area is 151 Å². The number of hydrogen-bond acceptors (Lipinski definition) is 4. The largest absolute Gasteiger partial charge is 0.501 e. The van der Waals surface area contributed by atoms with E-state index in [2.05, 4.69) is 18.8 Å². The third-order valence-corrected chi connectivity index (χ3v) is 4.31. The molecule has 5 nitrogen and oxygen atoms in total. The van der Waals surface area contributed by atoms with Crippen LogP contribution in [0, 0.1) is 0 Å². The van der Waals surface area contributed by atoms with Gasteiger partial charge in [-0.1, -0.05) is 32.8 Å². The fourth-order valence-corrected chi connectivity index (χ4v) is 3.15. The van der Waals surface area contributed by atoms with Crippen molar-refractivity contribution in [1.29, 1.82) is 0 Å². The molecule has 0 bridgehead atoms. The Bertz CT molecular complexity index is 703. The lowest BCUT2D eigenvalue weighted by atomic mass is 9.85. The number of carbonyl (C=O) groups is 1. The predicted molar refractivity (Wildman–Crippen MR) is 104 cm³/mol. The van der Waals surface area contributed by atoms with Crippen molar-refractivity contribution in [2.75, 3.05) is 12.8 Å². The van der Waals surface area contributed by atoms with Gasteiger partial charge in [0, 0.05) is 17.7 Å². The number of nitrogen functional groups attached to an aromatic ring is 1. The van der Waals surface area contributed by atoms with Crippen LogP contribution in [0.5, 0.6) is 0 Å². The fraction of sp³-hybridized carbons (Fsp3) is 0.500. The summed E-state index contributed by atoms with van der Waals surface area (Å²) in [6.45, 7) is 10.2. The molecule has 2 rings (SSSR count). The maximum absolute atomic E-state index is 11.7. The molecule has 138 valence electrons. The van der Waals surface area contributed by atoms with E-state index in [4.69, 9.17) is 16.2 Å². The summed E-state index contributed by atoms with van der Waals surface area (Å²) in [5.74, 6) is 0.365. The van der Waals surface area contributed by atoms with E-state index in [1.807, 2.05) is 26.8 Å². The van der Waals surface area contributed by atoms with Crippen LogP contribution in [0.1, 0.15) is 75.6 Å². The Morgan fingerprint density at radius 3 is 2.44 bits per heavy atom. The van der Waals surface area contributed by atoms with Crippen LogP contribution in [0.3, 0.4) is 0 Å². The molecule has 0 saturated heterocycles. The van der Waals surface area contributed by atoms with Gasteiger partial charge in [0.15, 0.2) is 5.69 Å². The van der Waals surface area contributed by atoms with E-state index in [-0.39, 0.29) is 5.69 Å². The molecule has 1 amide bonds. The fourth-order valence-electron chi connectivity index (χ4n) is 3.15. The molecule has 1 aromatic heterocycles. The number of aryl methyl sites for hydroxylation is 1. The minimum atomic E-state index is -0.593. The van der Waals surface area contributed by atoms with E-state index in [0.717, 1.165) is 53.8 Å². The summed E-state index contributed by atoms with van der Waals surface area (Å²) < 4.78 is 5.50. The summed E-state index contributed by atoms with van der Waals surface area (Å²) in [5, 5.41) is 0. The van der Waals surface area contributed by atoms with Gasteiger partial charge in [0.25, 0.3) is 5.91 Å². The average Bonchev–Trinajstić information content (AvgIpc) is 2.59. The topological polar surface area (TPSA) is 91.2 Å². The number of ether oxygens (including phenoxy) is 1. The van der Waals surface area contributed by atoms with Crippen LogP contribution in [0.15, 0.2) is 23.0 Å². The number of nitrogens with zero attached hydrogens (tertiary/aromatic N) is 1. The number of amides is 1. The van der Waals surface area contributed by atoms with Crippen LogP contribution in [0.4, 0.5) is 5.69 Å². The number of pyridine rings is 1. The Hall–Kier alpha value is -2.30. The van der Waals surface area contributed by atoms with Crippen molar-refractivity contribution < 1.29 is 9.53 Å². The maximum Gasteiger partial charge on any atom is 0.269 e. The molecule has 1 aromatic rings. The van der Waals surface area contributed by atoms with Gasteiger partial charge in [-0.25, -0.2) is 4.98 Å². The first kappa shape index (κ1) is 20.7. The van der Waals surface area contributed by atoms with Crippen LogP contribution >= 0.6 is 0 Å². The second kappa shape index (κ2) is 9.25. The van der Waals surface area contributed by atoms with Crippen molar-refractivity contribution in [3.8, 4) is 0 Å². The smallest absolute Gasteiger partial charge is 0.269 e. The first-order valence-electron chi connectivity index (χ1n) is 8.94. The minimum absolute atomic E-state index is 0.156. The molecule has 1 aliphatic rings. The van der Waals surface area contributed by atoms with Gasteiger partial charge in [-0.15, -0.1) is 0 Å². The van der Waals surface area contributed by atoms with Crippen molar-refractivity contribution >= 4 is 17.2 Å². The molecule has 1 heterocycles. The molecule has 0 spiro atoms. The molecule has 0 aliphatic heterocycles. The van der Waals surface area contributed by atoms with Crippen LogP contribution < -0.4 is 11.5 Å². The highest BCUT2D eigenvalue weighted by Gasteiger charge is 2.23. The molecular weight excluding hydrogens is 314 g/mol. The standard InChI is InChI=1S/C18H25N3O2.C2H6/c1-5-6-12-9-13(16(19)17(21-12)18(20)22)15-10(2)7-8-14(23-4)11(15)3;1-2/h9H,5-8,19H2,1-4H3,(H2,20,22);1-2H3. The molecule has 0 atom stereocenters. The summed E-state index contributed by atoms with van der Waals surface area (Å²) in [6.07, 6.45) is 3.50. The molecule has 25 heavy (non-hydrogen) atoms. The number of methoxy groups -OCH3 is 1. The van der Waals surface area contributed by atoms with Crippen molar-refractivity contribution in [2.45, 2.75) is 60.3 Å². The van der Waals surface area contributed by atoms with E-state index in [9.17, 15) is 4.79 Å². The van der Waals surface area contributed by atoms with Gasteiger partial charge < -0.3 is 16.2 Å². The molecule has 5 heteroatoms. The number of nitrogens with two attached hydrogens (primary N) is 2. The molecule has 0 aromatic carbocycles. The first-order chi connectivity index (χ1) is 11.9. The van der Waals surface area contributed by atoms with Crippen LogP contribution in [-0.2, 0) is 11.2 Å². The van der Waals surface area contributed by atoms with Crippen LogP contribution in [0.25, 0.3) is 5.57 Å². The lowest BCUT2D eigenvalue weighted by molar-refractivity contribution is 0.0996. The number of aromatic nitrogens is 1. The quantitative estimate of drug-likeness (QED) is 0.835. The van der Waals surface area contributed by atoms with Gasteiger partial charge in [0.2, 0.25) is 0 Å². The average molecular weight is 345 g/mol. The minimum Gasteiger partial charge on any atom is -0.501 e. The Morgan fingerprint density at radius 1 is 1.28 bits per heavy atom. The SMILES string of the molecule is CC.CCCc1cc(C2=C(C)CCC(OC)=C2C)c(N)c(C(N)=O)n1. The summed E-state index contributed by atoms with van der Waals surface area (Å²) in [5.41, 5.74) is 17.2. The zero-order chi connectivity index (χ0) is 19.1. The van der Waals surface area contributed by atoms with Gasteiger partial charge >= 0.3 is 0 Å². The second-order valence-corrected chi connectivity index (χ2v) is 5.95. The van der Waals surface area contributed by atoms with Crippen molar-refractivity contribution in [1.82, 2.24) is 4.98 Å². The van der Waals surface area contributed by atoms with Crippen molar-refractivity contribution in [2.24, 2.45) is 5.73 Å². The zero-order valence-electron chi connectivity index (χ0n) is 16.3. The Balaban J connectivity index is 0.00000151. The van der Waals surface area contributed by atoms with E-state index in [0.29, 0.717) is 5.69 Å². The summed E-state index contributed by atoms with van der Waals surface area (Å²) in [6, 6.07) is 1.98. The number of hydrogen-bond donors (Lipinski definition) is 2. The van der Waals surface area contributed by atoms with Gasteiger partial charge in [-0.3, -0.25) is 4.79 Å². The zero-order valence-corrected chi connectivity index (χ0v) is 16.3. The number of allylic oxidation sites excluding steroid dienone is 4. The van der Waals surface area contributed by atoms with Crippen LogP contribution in [0.2, 0.25) is 0 Å². The number of anilines is 1. The molecule has 0 fully saturated rings. The summed E-state index contributed by atoms with van der Waals surface area (Å²) in [4.78, 5) is 16.1. The normalized spacial score (nSPS) is 14.2. The molecule has 4 N–H and O–H groups in total. The number of carbonyl (C=O) groups excluding carboxylic acids is 1. The molecule has 1 aliphatic carbocycles. The van der Waals surface area contributed by atoms with Gasteiger partial charge in [0.05, 0.1) is 18.6 Å². The second-order valence-electron chi connectivity index (χ2n) is 5.95. The molecule has 0 radical (unpaired) electrons.